The fourth-order valence-corrected chi connectivity index (χ4v) is 2.77. The monoisotopic (exact) mass is 321 g/mol. The van der Waals surface area contributed by atoms with Gasteiger partial charge in [0.15, 0.2) is 0 Å². The fourth-order valence-electron chi connectivity index (χ4n) is 2.77. The molecule has 0 spiro atoms. The first kappa shape index (κ1) is 15.9. The Morgan fingerprint density at radius 2 is 1.92 bits per heavy atom. The van der Waals surface area contributed by atoms with Crippen LogP contribution in [0.5, 0.6) is 5.75 Å². The maximum absolute atomic E-state index is 12.1. The predicted octanol–water partition coefficient (Wildman–Crippen LogP) is 3.42. The number of amides is 2. The molecule has 0 bridgehead atoms. The topological polar surface area (TPSA) is 74.2 Å². The first-order valence-corrected chi connectivity index (χ1v) is 7.85. The van der Waals surface area contributed by atoms with E-state index >= 15 is 0 Å². The molecule has 1 aliphatic rings. The van der Waals surface area contributed by atoms with Crippen LogP contribution in [0.2, 0.25) is 0 Å². The van der Waals surface area contributed by atoms with Gasteiger partial charge < -0.3 is 15.4 Å². The van der Waals surface area contributed by atoms with E-state index in [1.807, 2.05) is 12.1 Å². The first-order valence-electron chi connectivity index (χ1n) is 7.85. The van der Waals surface area contributed by atoms with Crippen molar-refractivity contribution in [3.63, 3.8) is 0 Å². The molecule has 5 heteroatoms. The van der Waals surface area contributed by atoms with Crippen LogP contribution in [0.3, 0.4) is 0 Å². The maximum Gasteiger partial charge on any atom is 0.319 e. The van der Waals surface area contributed by atoms with Crippen molar-refractivity contribution < 1.29 is 9.53 Å². The van der Waals surface area contributed by atoms with Crippen LogP contribution < -0.4 is 15.4 Å². The third-order valence-corrected chi connectivity index (χ3v) is 4.44. The van der Waals surface area contributed by atoms with Crippen molar-refractivity contribution in [1.82, 2.24) is 5.32 Å². The number of nitrogens with zero attached hydrogens (tertiary/aromatic N) is 1. The average Bonchev–Trinajstić information content (AvgIpc) is 3.42. The molecule has 0 radical (unpaired) electrons. The minimum atomic E-state index is -0.294. The van der Waals surface area contributed by atoms with Crippen LogP contribution in [0.4, 0.5) is 10.5 Å². The molecule has 24 heavy (non-hydrogen) atoms. The molecule has 0 unspecified atom stereocenters. The summed E-state index contributed by atoms with van der Waals surface area (Å²) >= 11 is 0. The van der Waals surface area contributed by atoms with Gasteiger partial charge in [-0.05, 0) is 42.7 Å². The van der Waals surface area contributed by atoms with Crippen LogP contribution in [-0.4, -0.2) is 19.7 Å². The highest BCUT2D eigenvalue weighted by atomic mass is 16.5. The fraction of sp³-hybridized carbons (Fsp3) is 0.263. The van der Waals surface area contributed by atoms with E-state index in [-0.39, 0.29) is 11.4 Å². The molecule has 1 saturated carbocycles. The summed E-state index contributed by atoms with van der Waals surface area (Å²) in [7, 11) is 1.65. The molecule has 2 aromatic carbocycles. The number of methoxy groups -OCH3 is 1. The quantitative estimate of drug-likeness (QED) is 0.886. The van der Waals surface area contributed by atoms with Crippen LogP contribution in [0.1, 0.15) is 24.0 Å². The van der Waals surface area contributed by atoms with Crippen molar-refractivity contribution in [2.45, 2.75) is 18.3 Å². The van der Waals surface area contributed by atoms with Gasteiger partial charge in [-0.2, -0.15) is 5.26 Å². The Morgan fingerprint density at radius 3 is 2.54 bits per heavy atom. The van der Waals surface area contributed by atoms with Crippen LogP contribution >= 0.6 is 0 Å². The summed E-state index contributed by atoms with van der Waals surface area (Å²) in [6.45, 7) is 0.569. The Morgan fingerprint density at radius 1 is 1.21 bits per heavy atom. The second-order valence-electron chi connectivity index (χ2n) is 5.97. The highest BCUT2D eigenvalue weighted by molar-refractivity contribution is 5.90. The van der Waals surface area contributed by atoms with Crippen molar-refractivity contribution in [2.75, 3.05) is 19.0 Å². The summed E-state index contributed by atoms with van der Waals surface area (Å²) in [6.07, 6.45) is 2.10. The minimum absolute atomic E-state index is 0.0123. The summed E-state index contributed by atoms with van der Waals surface area (Å²) in [5.74, 6) is 0.827. The number of nitriles is 1. The van der Waals surface area contributed by atoms with Gasteiger partial charge in [0, 0.05) is 12.0 Å². The summed E-state index contributed by atoms with van der Waals surface area (Å²) in [6, 6.07) is 16.7. The third kappa shape index (κ3) is 3.33. The largest absolute Gasteiger partial charge is 0.497 e. The maximum atomic E-state index is 12.1. The number of anilines is 1. The van der Waals surface area contributed by atoms with Crippen molar-refractivity contribution >= 4 is 11.7 Å². The third-order valence-electron chi connectivity index (χ3n) is 4.44. The molecule has 0 atom stereocenters. The molecule has 122 valence electrons. The summed E-state index contributed by atoms with van der Waals surface area (Å²) in [5.41, 5.74) is 2.19. The molecule has 0 saturated heterocycles. The van der Waals surface area contributed by atoms with Gasteiger partial charge in [0.05, 0.1) is 18.4 Å². The van der Waals surface area contributed by atoms with Gasteiger partial charge in [0.2, 0.25) is 0 Å². The second-order valence-corrected chi connectivity index (χ2v) is 5.97. The Kier molecular flexibility index (Phi) is 4.39. The van der Waals surface area contributed by atoms with Gasteiger partial charge in [0.1, 0.15) is 11.8 Å². The van der Waals surface area contributed by atoms with Crippen molar-refractivity contribution in [3.05, 3.63) is 59.7 Å². The number of rotatable bonds is 5. The lowest BCUT2D eigenvalue weighted by molar-refractivity contribution is 0.251. The second kappa shape index (κ2) is 6.63. The Balaban J connectivity index is 1.60. The lowest BCUT2D eigenvalue weighted by atomic mass is 9.96. The molecule has 1 fully saturated rings. The molecule has 2 aromatic rings. The molecular formula is C19H19N3O2. The zero-order chi connectivity index (χ0) is 17.0. The van der Waals surface area contributed by atoms with E-state index in [0.717, 1.165) is 18.6 Å². The van der Waals surface area contributed by atoms with Crippen LogP contribution in [0.25, 0.3) is 0 Å². The standard InChI is InChI=1S/C19H19N3O2/c1-24-16-8-6-15(7-9-16)19(10-11-19)13-21-18(23)22-17-5-3-2-4-14(17)12-20/h2-9H,10-11,13H2,1H3,(H2,21,22,23). The van der Waals surface area contributed by atoms with Crippen molar-refractivity contribution in [1.29, 1.82) is 5.26 Å². The van der Waals surface area contributed by atoms with Gasteiger partial charge >= 0.3 is 6.03 Å². The molecule has 3 rings (SSSR count). The van der Waals surface area contributed by atoms with Gasteiger partial charge in [-0.15, -0.1) is 0 Å². The highest BCUT2D eigenvalue weighted by Gasteiger charge is 2.44. The molecule has 0 aliphatic heterocycles. The van der Waals surface area contributed by atoms with Gasteiger partial charge in [-0.25, -0.2) is 4.79 Å². The van der Waals surface area contributed by atoms with E-state index < -0.39 is 0 Å². The number of urea groups is 1. The van der Waals surface area contributed by atoms with Crippen LogP contribution in [0, 0.1) is 11.3 Å². The highest BCUT2D eigenvalue weighted by Crippen LogP contribution is 2.47. The summed E-state index contributed by atoms with van der Waals surface area (Å²) < 4.78 is 5.18. The molecular weight excluding hydrogens is 302 g/mol. The van der Waals surface area contributed by atoms with Crippen molar-refractivity contribution in [3.8, 4) is 11.8 Å². The van der Waals surface area contributed by atoms with Crippen molar-refractivity contribution in [2.24, 2.45) is 0 Å². The van der Waals surface area contributed by atoms with E-state index in [1.165, 1.54) is 5.56 Å². The molecule has 1 aliphatic carbocycles. The lowest BCUT2D eigenvalue weighted by Gasteiger charge is -2.17. The number of para-hydroxylation sites is 1. The Hall–Kier alpha value is -3.00. The number of nitrogens with one attached hydrogen (secondary N) is 2. The number of carbonyl (C=O) groups excluding carboxylic acids is 1. The Bertz CT molecular complexity index is 774. The number of ether oxygens (including phenoxy) is 1. The molecule has 2 amide bonds. The van der Waals surface area contributed by atoms with Gasteiger partial charge in [-0.3, -0.25) is 0 Å². The van der Waals surface area contributed by atoms with E-state index in [2.05, 4.69) is 28.8 Å². The van der Waals surface area contributed by atoms with E-state index in [1.54, 1.807) is 31.4 Å². The molecule has 5 nitrogen and oxygen atoms in total. The number of benzene rings is 2. The zero-order valence-corrected chi connectivity index (χ0v) is 13.5. The predicted molar refractivity (Wildman–Crippen MR) is 92.1 cm³/mol. The zero-order valence-electron chi connectivity index (χ0n) is 13.5. The lowest BCUT2D eigenvalue weighted by Crippen LogP contribution is -2.35. The smallest absolute Gasteiger partial charge is 0.319 e. The minimum Gasteiger partial charge on any atom is -0.497 e. The first-order chi connectivity index (χ1) is 11.7. The number of hydrogen-bond donors (Lipinski definition) is 2. The van der Waals surface area contributed by atoms with E-state index in [4.69, 9.17) is 10.00 Å². The van der Waals surface area contributed by atoms with E-state index in [0.29, 0.717) is 17.8 Å². The number of carbonyl (C=O) groups is 1. The summed E-state index contributed by atoms with van der Waals surface area (Å²) in [5, 5.41) is 14.7. The summed E-state index contributed by atoms with van der Waals surface area (Å²) in [4.78, 5) is 12.1. The van der Waals surface area contributed by atoms with Crippen LogP contribution in [0.15, 0.2) is 48.5 Å². The SMILES string of the molecule is COc1ccc(C2(CNC(=O)Nc3ccccc3C#N)CC2)cc1. The molecule has 2 N–H and O–H groups in total. The van der Waals surface area contributed by atoms with Crippen LogP contribution in [-0.2, 0) is 5.41 Å². The van der Waals surface area contributed by atoms with Gasteiger partial charge in [0.25, 0.3) is 0 Å². The molecule has 0 heterocycles. The van der Waals surface area contributed by atoms with Gasteiger partial charge in [-0.1, -0.05) is 24.3 Å². The Labute approximate surface area is 141 Å². The van der Waals surface area contributed by atoms with E-state index in [9.17, 15) is 4.79 Å². The normalized spacial score (nSPS) is 14.3. The molecule has 0 aromatic heterocycles. The average molecular weight is 321 g/mol. The number of hydrogen-bond acceptors (Lipinski definition) is 3.